The van der Waals surface area contributed by atoms with Crippen LogP contribution in [0.2, 0.25) is 0 Å². The summed E-state index contributed by atoms with van der Waals surface area (Å²) in [4.78, 5) is 19.6. The number of aliphatic hydroxyl groups is 1. The highest BCUT2D eigenvalue weighted by Gasteiger charge is 2.27. The highest BCUT2D eigenvalue weighted by atomic mass is 19.1. The fourth-order valence-electron chi connectivity index (χ4n) is 4.70. The van der Waals surface area contributed by atoms with Gasteiger partial charge < -0.3 is 24.2 Å². The summed E-state index contributed by atoms with van der Waals surface area (Å²) in [5, 5.41) is 10.6. The third kappa shape index (κ3) is 8.48. The van der Waals surface area contributed by atoms with E-state index in [2.05, 4.69) is 9.80 Å². The summed E-state index contributed by atoms with van der Waals surface area (Å²) in [6.07, 6.45) is -0.830. The minimum atomic E-state index is -0.642. The highest BCUT2D eigenvalue weighted by Crippen LogP contribution is 2.17. The van der Waals surface area contributed by atoms with Crippen molar-refractivity contribution in [2.75, 3.05) is 78.8 Å². The number of hydrogen-bond acceptors (Lipinski definition) is 7. The number of ether oxygens (including phenoxy) is 3. The second-order valence-corrected chi connectivity index (χ2v) is 9.69. The van der Waals surface area contributed by atoms with Gasteiger partial charge in [0.15, 0.2) is 0 Å². The number of aliphatic hydroxyl groups excluding tert-OH is 1. The number of carbonyl (C=O) groups is 1. The Balaban J connectivity index is 1.32. The number of aryl methyl sites for hydroxylation is 1. The van der Waals surface area contributed by atoms with Crippen molar-refractivity contribution in [2.24, 2.45) is 0 Å². The predicted molar refractivity (Wildman–Crippen MR) is 138 cm³/mol. The quantitative estimate of drug-likeness (QED) is 0.491. The second kappa shape index (κ2) is 13.8. The Bertz CT molecular complexity index is 986. The molecule has 0 saturated carbocycles. The molecule has 1 amide bonds. The number of β-amino-alcohol motifs (C(OH)–C–C–N with tert-alkyl or cyclic N) is 1. The first kappa shape index (κ1) is 27.5. The average molecular weight is 516 g/mol. The molecule has 0 aliphatic carbocycles. The van der Waals surface area contributed by atoms with Crippen LogP contribution in [0.3, 0.4) is 0 Å². The third-order valence-electron chi connectivity index (χ3n) is 6.81. The van der Waals surface area contributed by atoms with E-state index in [1.165, 1.54) is 24.3 Å². The van der Waals surface area contributed by atoms with Crippen molar-refractivity contribution < 1.29 is 28.5 Å². The van der Waals surface area contributed by atoms with Gasteiger partial charge in [-0.15, -0.1) is 0 Å². The Labute approximate surface area is 218 Å². The van der Waals surface area contributed by atoms with Crippen LogP contribution in [-0.2, 0) is 9.47 Å². The maximum atomic E-state index is 13.4. The number of morpholine rings is 2. The lowest BCUT2D eigenvalue weighted by Gasteiger charge is -2.37. The molecule has 2 atom stereocenters. The van der Waals surface area contributed by atoms with Crippen LogP contribution in [-0.4, -0.2) is 117 Å². The van der Waals surface area contributed by atoms with E-state index in [0.29, 0.717) is 58.1 Å². The first-order chi connectivity index (χ1) is 18.0. The lowest BCUT2D eigenvalue weighted by atomic mass is 10.1. The van der Waals surface area contributed by atoms with Crippen molar-refractivity contribution in [3.8, 4) is 5.75 Å². The van der Waals surface area contributed by atoms with Gasteiger partial charge in [0.1, 0.15) is 24.3 Å². The SMILES string of the molecule is Cc1ccccc1OCC(O)CN1CCOC(CN(CCN2CCOCC2)C(=O)c2ccc(F)cc2)C1. The van der Waals surface area contributed by atoms with Crippen LogP contribution in [0.25, 0.3) is 0 Å². The van der Waals surface area contributed by atoms with Crippen molar-refractivity contribution in [1.29, 1.82) is 0 Å². The van der Waals surface area contributed by atoms with E-state index in [1.807, 2.05) is 31.2 Å². The van der Waals surface area contributed by atoms with Gasteiger partial charge >= 0.3 is 0 Å². The molecule has 2 unspecified atom stereocenters. The van der Waals surface area contributed by atoms with Gasteiger partial charge in [-0.2, -0.15) is 0 Å². The fourth-order valence-corrected chi connectivity index (χ4v) is 4.70. The van der Waals surface area contributed by atoms with Crippen molar-refractivity contribution in [1.82, 2.24) is 14.7 Å². The van der Waals surface area contributed by atoms with E-state index in [9.17, 15) is 14.3 Å². The van der Waals surface area contributed by atoms with Crippen molar-refractivity contribution in [3.05, 3.63) is 65.5 Å². The highest BCUT2D eigenvalue weighted by molar-refractivity contribution is 5.94. The number of carbonyl (C=O) groups excluding carboxylic acids is 1. The van der Waals surface area contributed by atoms with Crippen LogP contribution < -0.4 is 4.74 Å². The normalized spacial score (nSPS) is 19.9. The molecule has 0 spiro atoms. The van der Waals surface area contributed by atoms with Gasteiger partial charge in [-0.25, -0.2) is 4.39 Å². The lowest BCUT2D eigenvalue weighted by molar-refractivity contribution is -0.0545. The van der Waals surface area contributed by atoms with Gasteiger partial charge in [0.2, 0.25) is 0 Å². The molecule has 2 fully saturated rings. The zero-order valence-electron chi connectivity index (χ0n) is 21.6. The molecule has 2 heterocycles. The number of para-hydroxylation sites is 1. The van der Waals surface area contributed by atoms with Gasteiger partial charge in [-0.05, 0) is 42.8 Å². The number of rotatable bonds is 11. The van der Waals surface area contributed by atoms with Gasteiger partial charge in [0.25, 0.3) is 5.91 Å². The molecule has 0 radical (unpaired) electrons. The van der Waals surface area contributed by atoms with E-state index < -0.39 is 6.10 Å². The Hall–Kier alpha value is -2.56. The Morgan fingerprint density at radius 1 is 1.11 bits per heavy atom. The molecule has 4 rings (SSSR count). The maximum absolute atomic E-state index is 13.4. The van der Waals surface area contributed by atoms with Crippen LogP contribution >= 0.6 is 0 Å². The standard InChI is InChI=1S/C28H38FN3O5/c1-22-4-2-3-5-27(22)37-21-25(33)18-31-14-17-36-26(19-31)20-32(11-10-30-12-15-35-16-13-30)28(34)23-6-8-24(29)9-7-23/h2-9,25-26,33H,10-21H2,1H3. The van der Waals surface area contributed by atoms with Crippen LogP contribution in [0, 0.1) is 12.7 Å². The van der Waals surface area contributed by atoms with E-state index in [-0.39, 0.29) is 24.4 Å². The molecule has 2 saturated heterocycles. The zero-order chi connectivity index (χ0) is 26.0. The Kier molecular flexibility index (Phi) is 10.3. The third-order valence-corrected chi connectivity index (χ3v) is 6.81. The minimum absolute atomic E-state index is 0.138. The van der Waals surface area contributed by atoms with E-state index in [4.69, 9.17) is 14.2 Å². The molecule has 0 aromatic heterocycles. The first-order valence-corrected chi connectivity index (χ1v) is 13.0. The van der Waals surface area contributed by atoms with E-state index in [0.717, 1.165) is 30.9 Å². The topological polar surface area (TPSA) is 74.7 Å². The predicted octanol–water partition coefficient (Wildman–Crippen LogP) is 2.05. The average Bonchev–Trinajstić information content (AvgIpc) is 2.91. The molecule has 2 aromatic rings. The first-order valence-electron chi connectivity index (χ1n) is 13.0. The summed E-state index contributed by atoms with van der Waals surface area (Å²) in [5.41, 5.74) is 1.49. The summed E-state index contributed by atoms with van der Waals surface area (Å²) in [6, 6.07) is 13.4. The Morgan fingerprint density at radius 2 is 1.84 bits per heavy atom. The number of hydrogen-bond donors (Lipinski definition) is 1. The number of amides is 1. The van der Waals surface area contributed by atoms with Crippen molar-refractivity contribution >= 4 is 5.91 Å². The molecule has 2 aromatic carbocycles. The number of benzene rings is 2. The molecule has 9 heteroatoms. The van der Waals surface area contributed by atoms with Crippen LogP contribution in [0.5, 0.6) is 5.75 Å². The summed E-state index contributed by atoms with van der Waals surface area (Å²) < 4.78 is 30.7. The molecule has 202 valence electrons. The summed E-state index contributed by atoms with van der Waals surface area (Å²) in [7, 11) is 0. The molecule has 2 aliphatic heterocycles. The van der Waals surface area contributed by atoms with Gasteiger partial charge in [0.05, 0.1) is 25.9 Å². The lowest BCUT2D eigenvalue weighted by Crippen LogP contribution is -2.52. The van der Waals surface area contributed by atoms with Gasteiger partial charge in [0, 0.05) is 57.9 Å². The zero-order valence-corrected chi connectivity index (χ0v) is 21.6. The van der Waals surface area contributed by atoms with Crippen molar-refractivity contribution in [2.45, 2.75) is 19.1 Å². The van der Waals surface area contributed by atoms with Crippen LogP contribution in [0.15, 0.2) is 48.5 Å². The van der Waals surface area contributed by atoms with Crippen LogP contribution in [0.1, 0.15) is 15.9 Å². The maximum Gasteiger partial charge on any atom is 0.253 e. The smallest absolute Gasteiger partial charge is 0.253 e. The molecule has 0 bridgehead atoms. The molecule has 37 heavy (non-hydrogen) atoms. The van der Waals surface area contributed by atoms with E-state index in [1.54, 1.807) is 4.90 Å². The Morgan fingerprint density at radius 3 is 2.59 bits per heavy atom. The van der Waals surface area contributed by atoms with Gasteiger partial charge in [-0.3, -0.25) is 14.6 Å². The molecule has 8 nitrogen and oxygen atoms in total. The van der Waals surface area contributed by atoms with Crippen molar-refractivity contribution in [3.63, 3.8) is 0 Å². The summed E-state index contributed by atoms with van der Waals surface area (Å²) in [6.45, 7) is 9.27. The van der Waals surface area contributed by atoms with Gasteiger partial charge in [-0.1, -0.05) is 18.2 Å². The van der Waals surface area contributed by atoms with Crippen LogP contribution in [0.4, 0.5) is 4.39 Å². The second-order valence-electron chi connectivity index (χ2n) is 9.69. The minimum Gasteiger partial charge on any atom is -0.491 e. The molecular formula is C28H38FN3O5. The monoisotopic (exact) mass is 515 g/mol. The molecule has 2 aliphatic rings. The summed E-state index contributed by atoms with van der Waals surface area (Å²) in [5.74, 6) is 0.268. The fraction of sp³-hybridized carbons (Fsp3) is 0.536. The largest absolute Gasteiger partial charge is 0.491 e. The molecule has 1 N–H and O–H groups in total. The summed E-state index contributed by atoms with van der Waals surface area (Å²) >= 11 is 0. The number of halogens is 1. The molecular weight excluding hydrogens is 477 g/mol. The number of nitrogens with zero attached hydrogens (tertiary/aromatic N) is 3. The van der Waals surface area contributed by atoms with E-state index >= 15 is 0 Å².